The molecule has 1 aliphatic heterocycles. The zero-order valence-electron chi connectivity index (χ0n) is 15.8. The van der Waals surface area contributed by atoms with E-state index in [1.807, 2.05) is 26.1 Å². The van der Waals surface area contributed by atoms with Gasteiger partial charge in [-0.25, -0.2) is 9.18 Å². The van der Waals surface area contributed by atoms with E-state index >= 15 is 0 Å². The Morgan fingerprint density at radius 1 is 1.54 bits per heavy atom. The van der Waals surface area contributed by atoms with Crippen LogP contribution in [0.25, 0.3) is 10.9 Å². The predicted molar refractivity (Wildman–Crippen MR) is 110 cm³/mol. The highest BCUT2D eigenvalue weighted by Gasteiger charge is 2.35. The van der Waals surface area contributed by atoms with Crippen molar-refractivity contribution in [1.82, 2.24) is 19.3 Å². The van der Waals surface area contributed by atoms with Crippen LogP contribution in [0.4, 0.5) is 4.39 Å². The molecule has 0 fully saturated rings. The zero-order valence-corrected chi connectivity index (χ0v) is 18.2. The summed E-state index contributed by atoms with van der Waals surface area (Å²) in [5.74, 6) is -0.452. The van der Waals surface area contributed by atoms with Gasteiger partial charge in [-0.1, -0.05) is 15.9 Å². The van der Waals surface area contributed by atoms with Crippen LogP contribution in [0.15, 0.2) is 16.7 Å². The van der Waals surface area contributed by atoms with Crippen molar-refractivity contribution in [1.29, 1.82) is 0 Å². The van der Waals surface area contributed by atoms with E-state index in [2.05, 4.69) is 20.9 Å². The first-order valence-electron chi connectivity index (χ1n) is 9.08. The van der Waals surface area contributed by atoms with Gasteiger partial charge in [-0.15, -0.1) is 0 Å². The van der Waals surface area contributed by atoms with Gasteiger partial charge in [0.2, 0.25) is 0 Å². The lowest BCUT2D eigenvalue weighted by Gasteiger charge is -2.16. The Balaban J connectivity index is 1.92. The molecule has 3 heterocycles. The molecule has 0 saturated carbocycles. The van der Waals surface area contributed by atoms with E-state index in [4.69, 9.17) is 22.1 Å². The number of aromatic nitrogens is 4. The Hall–Kier alpha value is -2.00. The molecule has 2 aromatic heterocycles. The largest absolute Gasteiger partial charge is 0.464 e. The van der Waals surface area contributed by atoms with Crippen LogP contribution < -0.4 is 0 Å². The van der Waals surface area contributed by atoms with Gasteiger partial charge in [0.25, 0.3) is 0 Å². The molecule has 148 valence electrons. The van der Waals surface area contributed by atoms with Gasteiger partial charge in [0, 0.05) is 28.2 Å². The minimum absolute atomic E-state index is 0.201. The highest BCUT2D eigenvalue weighted by atomic mass is 79.9. The lowest BCUT2D eigenvalue weighted by molar-refractivity contribution is -0.146. The van der Waals surface area contributed by atoms with E-state index in [0.717, 1.165) is 26.5 Å². The third-order valence-electron chi connectivity index (χ3n) is 5.18. The fraction of sp³-hybridized carbons (Fsp3) is 0.421. The first-order valence-corrected chi connectivity index (χ1v) is 10.3. The minimum Gasteiger partial charge on any atom is -0.464 e. The number of aryl methyl sites for hydroxylation is 2. The summed E-state index contributed by atoms with van der Waals surface area (Å²) in [6, 6.07) is 1.17. The van der Waals surface area contributed by atoms with Crippen molar-refractivity contribution in [2.75, 3.05) is 6.61 Å². The number of carbonyl (C=O) groups is 1. The second-order valence-electron chi connectivity index (χ2n) is 7.03. The Labute approximate surface area is 174 Å². The van der Waals surface area contributed by atoms with Crippen LogP contribution >= 0.6 is 28.1 Å². The number of imidazole rings is 1. The van der Waals surface area contributed by atoms with Gasteiger partial charge in [-0.2, -0.15) is 5.10 Å². The SMILES string of the molecule is CCOC(=O)C(c1[nH]c(=S)n2c1C[C@@H](F)C2)n1cc2c(C)cc(Br)c(C)c2n1. The van der Waals surface area contributed by atoms with Crippen LogP contribution in [0, 0.1) is 18.6 Å². The molecule has 4 rings (SSSR count). The summed E-state index contributed by atoms with van der Waals surface area (Å²) in [5.41, 5.74) is 4.08. The number of halogens is 2. The summed E-state index contributed by atoms with van der Waals surface area (Å²) in [7, 11) is 0. The lowest BCUT2D eigenvalue weighted by Crippen LogP contribution is -2.25. The van der Waals surface area contributed by atoms with Crippen molar-refractivity contribution >= 4 is 45.0 Å². The number of nitrogens with zero attached hydrogens (tertiary/aromatic N) is 3. The summed E-state index contributed by atoms with van der Waals surface area (Å²) in [5, 5.41) is 5.65. The molecule has 28 heavy (non-hydrogen) atoms. The third kappa shape index (κ3) is 3.00. The maximum atomic E-state index is 14.0. The van der Waals surface area contributed by atoms with E-state index < -0.39 is 18.2 Å². The number of esters is 1. The standard InChI is InChI=1S/C19H20BrFN4O2S/c1-4-27-18(26)17(16-14-6-11(21)7-24(14)19(28)22-16)25-8-12-9(2)5-13(20)10(3)15(12)23-25/h5,8,11,17H,4,6-7H2,1-3H3,(H,22,28)/t11-,17?/m1/s1. The fourth-order valence-electron chi connectivity index (χ4n) is 3.79. The van der Waals surface area contributed by atoms with Gasteiger partial charge in [0.15, 0.2) is 10.8 Å². The summed E-state index contributed by atoms with van der Waals surface area (Å²) in [6.07, 6.45) is 1.04. The van der Waals surface area contributed by atoms with E-state index in [-0.39, 0.29) is 19.6 Å². The normalized spacial score (nSPS) is 17.1. The van der Waals surface area contributed by atoms with E-state index in [1.54, 1.807) is 16.2 Å². The first kappa shape index (κ1) is 19.3. The monoisotopic (exact) mass is 466 g/mol. The second-order valence-corrected chi connectivity index (χ2v) is 8.27. The Morgan fingerprint density at radius 2 is 2.29 bits per heavy atom. The molecule has 2 atom stereocenters. The Kier molecular flexibility index (Phi) is 4.91. The third-order valence-corrected chi connectivity index (χ3v) is 6.33. The molecular weight excluding hydrogens is 447 g/mol. The number of fused-ring (bicyclic) bond motifs is 2. The topological polar surface area (TPSA) is 64.8 Å². The number of ether oxygens (including phenoxy) is 1. The highest BCUT2D eigenvalue weighted by Crippen LogP contribution is 2.32. The molecule has 0 bridgehead atoms. The van der Waals surface area contributed by atoms with Gasteiger partial charge in [-0.3, -0.25) is 4.68 Å². The van der Waals surface area contributed by atoms with Gasteiger partial charge >= 0.3 is 5.97 Å². The number of H-pyrrole nitrogens is 1. The molecule has 1 N–H and O–H groups in total. The van der Waals surface area contributed by atoms with Crippen LogP contribution in [0.2, 0.25) is 0 Å². The second kappa shape index (κ2) is 7.11. The van der Waals surface area contributed by atoms with Crippen molar-refractivity contribution in [3.8, 4) is 0 Å². The van der Waals surface area contributed by atoms with Crippen LogP contribution in [-0.4, -0.2) is 38.1 Å². The number of aromatic amines is 1. The highest BCUT2D eigenvalue weighted by molar-refractivity contribution is 9.10. The molecule has 0 radical (unpaired) electrons. The van der Waals surface area contributed by atoms with E-state index in [1.165, 1.54) is 0 Å². The minimum atomic E-state index is -1.01. The van der Waals surface area contributed by atoms with Crippen molar-refractivity contribution in [3.05, 3.63) is 44.0 Å². The molecule has 1 aromatic carbocycles. The molecule has 6 nitrogen and oxygen atoms in total. The first-order chi connectivity index (χ1) is 13.3. The van der Waals surface area contributed by atoms with Crippen molar-refractivity contribution < 1.29 is 13.9 Å². The average Bonchev–Trinajstić information content (AvgIpc) is 3.30. The Morgan fingerprint density at radius 3 is 3.00 bits per heavy atom. The van der Waals surface area contributed by atoms with E-state index in [0.29, 0.717) is 16.2 Å². The molecule has 1 aliphatic rings. The van der Waals surface area contributed by atoms with Gasteiger partial charge in [0.05, 0.1) is 24.4 Å². The lowest BCUT2D eigenvalue weighted by atomic mass is 10.1. The van der Waals surface area contributed by atoms with Gasteiger partial charge in [-0.05, 0) is 50.2 Å². The Bertz CT molecular complexity index is 1150. The number of carbonyl (C=O) groups excluding carboxylic acids is 1. The fourth-order valence-corrected chi connectivity index (χ4v) is 4.62. The zero-order chi connectivity index (χ0) is 20.2. The van der Waals surface area contributed by atoms with Crippen molar-refractivity contribution in [3.63, 3.8) is 0 Å². The van der Waals surface area contributed by atoms with Gasteiger partial charge < -0.3 is 14.3 Å². The van der Waals surface area contributed by atoms with Gasteiger partial charge in [0.1, 0.15) is 6.17 Å². The molecule has 0 spiro atoms. The van der Waals surface area contributed by atoms with Crippen molar-refractivity contribution in [2.24, 2.45) is 0 Å². The summed E-state index contributed by atoms with van der Waals surface area (Å²) < 4.78 is 24.0. The summed E-state index contributed by atoms with van der Waals surface area (Å²) in [6.45, 7) is 6.16. The molecule has 3 aromatic rings. The quantitative estimate of drug-likeness (QED) is 0.459. The summed E-state index contributed by atoms with van der Waals surface area (Å²) >= 11 is 8.91. The van der Waals surface area contributed by atoms with Crippen LogP contribution in [0.1, 0.15) is 35.5 Å². The van der Waals surface area contributed by atoms with E-state index in [9.17, 15) is 9.18 Å². The van der Waals surface area contributed by atoms with Crippen LogP contribution in [0.3, 0.4) is 0 Å². The van der Waals surface area contributed by atoms with Crippen LogP contribution in [0.5, 0.6) is 0 Å². The number of rotatable bonds is 4. The van der Waals surface area contributed by atoms with Crippen molar-refractivity contribution in [2.45, 2.75) is 46.0 Å². The maximum Gasteiger partial charge on any atom is 0.337 e. The number of hydrogen-bond donors (Lipinski definition) is 1. The molecule has 9 heteroatoms. The predicted octanol–water partition coefficient (Wildman–Crippen LogP) is 4.32. The molecule has 0 amide bonds. The molecule has 1 unspecified atom stereocenters. The number of alkyl halides is 1. The number of nitrogens with one attached hydrogen (secondary N) is 1. The number of benzene rings is 1. The molecule has 0 saturated heterocycles. The summed E-state index contributed by atoms with van der Waals surface area (Å²) in [4.78, 5) is 16.0. The smallest absolute Gasteiger partial charge is 0.337 e. The number of hydrogen-bond acceptors (Lipinski definition) is 4. The maximum absolute atomic E-state index is 14.0. The molecular formula is C19H20BrFN4O2S. The average molecular weight is 467 g/mol. The molecule has 0 aliphatic carbocycles. The van der Waals surface area contributed by atoms with Crippen LogP contribution in [-0.2, 0) is 22.5 Å².